The van der Waals surface area contributed by atoms with Gasteiger partial charge in [0.15, 0.2) is 0 Å². The van der Waals surface area contributed by atoms with Gasteiger partial charge in [0.1, 0.15) is 5.82 Å². The number of aryl methyl sites for hydroxylation is 1. The fourth-order valence-electron chi connectivity index (χ4n) is 3.11. The molecule has 1 amide bonds. The Morgan fingerprint density at radius 2 is 1.40 bits per heavy atom. The van der Waals surface area contributed by atoms with E-state index in [0.29, 0.717) is 12.2 Å². The van der Waals surface area contributed by atoms with E-state index in [9.17, 15) is 4.79 Å². The number of unbranched alkanes of at least 4 members (excludes halogenated alkanes) is 12. The molecule has 0 saturated carbocycles. The highest BCUT2D eigenvalue weighted by atomic mass is 16.1. The number of rotatable bonds is 15. The Hall–Kier alpha value is -1.38. The molecule has 1 rings (SSSR count). The molecule has 3 heteroatoms. The molecule has 0 aliphatic rings. The lowest BCUT2D eigenvalue weighted by molar-refractivity contribution is -0.116. The molecule has 1 aromatic heterocycles. The fraction of sp³-hybridized carbons (Fsp3) is 0.727. The molecule has 0 saturated heterocycles. The summed E-state index contributed by atoms with van der Waals surface area (Å²) in [5, 5.41) is 2.88. The van der Waals surface area contributed by atoms with Gasteiger partial charge in [-0.25, -0.2) is 4.98 Å². The summed E-state index contributed by atoms with van der Waals surface area (Å²) in [5.74, 6) is 0.751. The van der Waals surface area contributed by atoms with Crippen LogP contribution in [0.3, 0.4) is 0 Å². The van der Waals surface area contributed by atoms with E-state index >= 15 is 0 Å². The van der Waals surface area contributed by atoms with Crippen molar-refractivity contribution in [2.75, 3.05) is 5.32 Å². The minimum atomic E-state index is 0.0844. The molecular formula is C22H38N2O. The zero-order valence-corrected chi connectivity index (χ0v) is 16.5. The van der Waals surface area contributed by atoms with Gasteiger partial charge in [-0.05, 0) is 31.0 Å². The van der Waals surface area contributed by atoms with E-state index in [1.54, 1.807) is 6.20 Å². The van der Waals surface area contributed by atoms with Crippen LogP contribution in [0.25, 0.3) is 0 Å². The van der Waals surface area contributed by atoms with Crippen molar-refractivity contribution in [3.8, 4) is 0 Å². The number of pyridine rings is 1. The van der Waals surface area contributed by atoms with E-state index in [4.69, 9.17) is 0 Å². The molecule has 3 nitrogen and oxygen atoms in total. The normalized spacial score (nSPS) is 10.8. The first-order valence-electron chi connectivity index (χ1n) is 10.4. The standard InChI is InChI=1S/C22H38N2O/c1-3-4-5-6-7-8-9-10-11-12-13-14-15-16-22(25)24-21-19-20(2)17-18-23-21/h17-19H,3-16H2,1-2H3,(H,23,24,25). The quantitative estimate of drug-likeness (QED) is 0.354. The Balaban J connectivity index is 1.86. The summed E-state index contributed by atoms with van der Waals surface area (Å²) in [6.45, 7) is 4.28. The summed E-state index contributed by atoms with van der Waals surface area (Å²) in [6.07, 6.45) is 19.6. The number of carbonyl (C=O) groups is 1. The van der Waals surface area contributed by atoms with Crippen LogP contribution in [-0.2, 0) is 4.79 Å². The first-order valence-corrected chi connectivity index (χ1v) is 10.4. The van der Waals surface area contributed by atoms with Crippen LogP contribution in [0.1, 0.15) is 102 Å². The van der Waals surface area contributed by atoms with Gasteiger partial charge < -0.3 is 5.32 Å². The number of aromatic nitrogens is 1. The van der Waals surface area contributed by atoms with Crippen molar-refractivity contribution in [1.82, 2.24) is 4.98 Å². The predicted molar refractivity (Wildman–Crippen MR) is 108 cm³/mol. The highest BCUT2D eigenvalue weighted by Crippen LogP contribution is 2.13. The average molecular weight is 347 g/mol. The van der Waals surface area contributed by atoms with Gasteiger partial charge in [0.25, 0.3) is 0 Å². The Kier molecular flexibility index (Phi) is 12.9. The predicted octanol–water partition coefficient (Wildman–Crippen LogP) is 6.81. The largest absolute Gasteiger partial charge is 0.311 e. The zero-order chi connectivity index (χ0) is 18.2. The molecule has 0 atom stereocenters. The van der Waals surface area contributed by atoms with Crippen LogP contribution in [0.2, 0.25) is 0 Å². The zero-order valence-electron chi connectivity index (χ0n) is 16.5. The first kappa shape index (κ1) is 21.7. The molecule has 0 spiro atoms. The van der Waals surface area contributed by atoms with Gasteiger partial charge in [0.05, 0.1) is 0 Å². The summed E-state index contributed by atoms with van der Waals surface area (Å²) >= 11 is 0. The van der Waals surface area contributed by atoms with E-state index in [-0.39, 0.29) is 5.91 Å². The number of carbonyl (C=O) groups excluding carboxylic acids is 1. The van der Waals surface area contributed by atoms with E-state index < -0.39 is 0 Å². The number of anilines is 1. The maximum Gasteiger partial charge on any atom is 0.225 e. The highest BCUT2D eigenvalue weighted by Gasteiger charge is 2.03. The first-order chi connectivity index (χ1) is 12.2. The average Bonchev–Trinajstić information content (AvgIpc) is 2.59. The molecule has 0 unspecified atom stereocenters. The lowest BCUT2D eigenvalue weighted by Gasteiger charge is -2.05. The Bertz CT molecular complexity index is 459. The minimum Gasteiger partial charge on any atom is -0.311 e. The van der Waals surface area contributed by atoms with Crippen LogP contribution in [-0.4, -0.2) is 10.9 Å². The third-order valence-electron chi connectivity index (χ3n) is 4.69. The molecule has 1 aromatic rings. The molecule has 142 valence electrons. The number of nitrogens with one attached hydrogen (secondary N) is 1. The van der Waals surface area contributed by atoms with Crippen LogP contribution >= 0.6 is 0 Å². The topological polar surface area (TPSA) is 42.0 Å². The van der Waals surface area contributed by atoms with Crippen LogP contribution < -0.4 is 5.32 Å². The molecule has 0 bridgehead atoms. The molecule has 25 heavy (non-hydrogen) atoms. The molecule has 0 aliphatic heterocycles. The van der Waals surface area contributed by atoms with Gasteiger partial charge in [-0.2, -0.15) is 0 Å². The van der Waals surface area contributed by atoms with E-state index in [2.05, 4.69) is 17.2 Å². The monoisotopic (exact) mass is 346 g/mol. The summed E-state index contributed by atoms with van der Waals surface area (Å²) in [5.41, 5.74) is 1.12. The lowest BCUT2D eigenvalue weighted by atomic mass is 10.0. The number of amides is 1. The molecule has 0 aliphatic carbocycles. The summed E-state index contributed by atoms with van der Waals surface area (Å²) in [6, 6.07) is 3.84. The van der Waals surface area contributed by atoms with Crippen LogP contribution in [0.15, 0.2) is 18.3 Å². The van der Waals surface area contributed by atoms with Gasteiger partial charge in [0.2, 0.25) is 5.91 Å². The molecule has 0 radical (unpaired) electrons. The van der Waals surface area contributed by atoms with Gasteiger partial charge in [-0.3, -0.25) is 4.79 Å². The van der Waals surface area contributed by atoms with Crippen LogP contribution in [0.5, 0.6) is 0 Å². The van der Waals surface area contributed by atoms with Gasteiger partial charge in [-0.1, -0.05) is 84.0 Å². The number of nitrogens with zero attached hydrogens (tertiary/aromatic N) is 1. The van der Waals surface area contributed by atoms with Gasteiger partial charge >= 0.3 is 0 Å². The smallest absolute Gasteiger partial charge is 0.225 e. The second-order valence-corrected chi connectivity index (χ2v) is 7.26. The Morgan fingerprint density at radius 1 is 0.880 bits per heavy atom. The van der Waals surface area contributed by atoms with Crippen molar-refractivity contribution < 1.29 is 4.79 Å². The van der Waals surface area contributed by atoms with Crippen molar-refractivity contribution in [1.29, 1.82) is 0 Å². The SMILES string of the molecule is CCCCCCCCCCCCCCCC(=O)Nc1cc(C)ccn1. The third-order valence-corrected chi connectivity index (χ3v) is 4.69. The molecule has 0 fully saturated rings. The van der Waals surface area contributed by atoms with Crippen molar-refractivity contribution in [3.63, 3.8) is 0 Å². The van der Waals surface area contributed by atoms with Gasteiger partial charge in [0, 0.05) is 12.6 Å². The summed E-state index contributed by atoms with van der Waals surface area (Å²) < 4.78 is 0. The van der Waals surface area contributed by atoms with Crippen molar-refractivity contribution in [2.45, 2.75) is 104 Å². The Labute approximate surface area is 155 Å². The molecule has 1 heterocycles. The summed E-state index contributed by atoms with van der Waals surface area (Å²) in [7, 11) is 0. The molecule has 1 N–H and O–H groups in total. The number of hydrogen-bond acceptors (Lipinski definition) is 2. The number of hydrogen-bond donors (Lipinski definition) is 1. The van der Waals surface area contributed by atoms with Crippen molar-refractivity contribution in [2.24, 2.45) is 0 Å². The maximum absolute atomic E-state index is 11.9. The van der Waals surface area contributed by atoms with Crippen molar-refractivity contribution >= 4 is 11.7 Å². The third kappa shape index (κ3) is 12.6. The highest BCUT2D eigenvalue weighted by molar-refractivity contribution is 5.89. The summed E-state index contributed by atoms with van der Waals surface area (Å²) in [4.78, 5) is 16.0. The maximum atomic E-state index is 11.9. The fourth-order valence-corrected chi connectivity index (χ4v) is 3.11. The van der Waals surface area contributed by atoms with Crippen molar-refractivity contribution in [3.05, 3.63) is 23.9 Å². The Morgan fingerprint density at radius 3 is 1.92 bits per heavy atom. The molecular weight excluding hydrogens is 308 g/mol. The molecule has 0 aromatic carbocycles. The van der Waals surface area contributed by atoms with Gasteiger partial charge in [-0.15, -0.1) is 0 Å². The van der Waals surface area contributed by atoms with E-state index in [1.807, 2.05) is 19.1 Å². The van der Waals surface area contributed by atoms with E-state index in [0.717, 1.165) is 18.4 Å². The second-order valence-electron chi connectivity index (χ2n) is 7.26. The van der Waals surface area contributed by atoms with Crippen LogP contribution in [0.4, 0.5) is 5.82 Å². The van der Waals surface area contributed by atoms with Crippen LogP contribution in [0, 0.1) is 6.92 Å². The lowest BCUT2D eigenvalue weighted by Crippen LogP contribution is -2.12. The second kappa shape index (κ2) is 14.9. The minimum absolute atomic E-state index is 0.0844. The van der Waals surface area contributed by atoms with E-state index in [1.165, 1.54) is 70.6 Å².